The minimum Gasteiger partial charge on any atom is -0.370 e. The highest BCUT2D eigenvalue weighted by atomic mass is 16.1. The van der Waals surface area contributed by atoms with Gasteiger partial charge in [0.05, 0.1) is 18.4 Å². The maximum atomic E-state index is 11.0. The number of carbonyl (C=O) groups excluding carboxylic acids is 1. The lowest BCUT2D eigenvalue weighted by Crippen LogP contribution is -2.22. The van der Waals surface area contributed by atoms with Crippen LogP contribution in [-0.4, -0.2) is 30.5 Å². The Bertz CT molecular complexity index is 357. The van der Waals surface area contributed by atoms with Crippen molar-refractivity contribution in [2.24, 2.45) is 5.73 Å². The predicted octanol–water partition coefficient (Wildman–Crippen LogP) is 0.579. The molecule has 5 heteroatoms. The van der Waals surface area contributed by atoms with Crippen LogP contribution in [0.2, 0.25) is 0 Å². The topological polar surface area (TPSA) is 71.2 Å². The van der Waals surface area contributed by atoms with Crippen LogP contribution in [0.15, 0.2) is 18.3 Å². The van der Waals surface area contributed by atoms with E-state index in [1.165, 1.54) is 12.8 Å². The second-order valence-corrected chi connectivity index (χ2v) is 3.85. The number of nitrogens with one attached hydrogen (secondary N) is 1. The minimum atomic E-state index is -0.221. The predicted molar refractivity (Wildman–Crippen MR) is 63.4 cm³/mol. The number of nitrogens with zero attached hydrogens (tertiary/aromatic N) is 2. The molecular formula is C11H16N4O. The summed E-state index contributed by atoms with van der Waals surface area (Å²) >= 11 is 0. The van der Waals surface area contributed by atoms with E-state index in [1.807, 2.05) is 6.07 Å². The maximum Gasteiger partial charge on any atom is 0.239 e. The molecule has 1 fully saturated rings. The molecule has 0 saturated carbocycles. The number of amides is 1. The number of hydrogen-bond donors (Lipinski definition) is 2. The lowest BCUT2D eigenvalue weighted by atomic mass is 10.3. The van der Waals surface area contributed by atoms with Crippen LogP contribution in [0.1, 0.15) is 12.8 Å². The highest BCUT2D eigenvalue weighted by Crippen LogP contribution is 2.19. The molecule has 0 aliphatic carbocycles. The average molecular weight is 220 g/mol. The quantitative estimate of drug-likeness (QED) is 0.781. The van der Waals surface area contributed by atoms with E-state index in [-0.39, 0.29) is 12.5 Å². The van der Waals surface area contributed by atoms with E-state index in [0.29, 0.717) is 5.82 Å². The molecule has 1 saturated heterocycles. The van der Waals surface area contributed by atoms with Crippen molar-refractivity contribution in [3.63, 3.8) is 0 Å². The molecule has 0 unspecified atom stereocenters. The van der Waals surface area contributed by atoms with Crippen molar-refractivity contribution < 1.29 is 4.79 Å². The number of pyridine rings is 1. The largest absolute Gasteiger partial charge is 0.370 e. The first-order valence-electron chi connectivity index (χ1n) is 5.50. The first-order chi connectivity index (χ1) is 7.79. The number of anilines is 2. The standard InChI is InChI=1S/C11H16N4O/c12-7-11(16)14-10-4-3-9(8-13-10)15-5-1-2-6-15/h3-4,8H,1-2,5-7,12H2,(H,13,14,16). The highest BCUT2D eigenvalue weighted by molar-refractivity contribution is 5.91. The molecule has 0 bridgehead atoms. The van der Waals surface area contributed by atoms with E-state index in [9.17, 15) is 4.79 Å². The van der Waals surface area contributed by atoms with Crippen LogP contribution in [0, 0.1) is 0 Å². The molecule has 86 valence electrons. The summed E-state index contributed by atoms with van der Waals surface area (Å²) in [6.07, 6.45) is 4.27. The fraction of sp³-hybridized carbons (Fsp3) is 0.455. The molecule has 3 N–H and O–H groups in total. The molecule has 1 aromatic heterocycles. The molecule has 0 aromatic carbocycles. The summed E-state index contributed by atoms with van der Waals surface area (Å²) in [6.45, 7) is 2.17. The average Bonchev–Trinajstić information content (AvgIpc) is 2.83. The second-order valence-electron chi connectivity index (χ2n) is 3.85. The van der Waals surface area contributed by atoms with Crippen LogP contribution in [0.3, 0.4) is 0 Å². The molecule has 2 heterocycles. The van der Waals surface area contributed by atoms with Gasteiger partial charge in [-0.2, -0.15) is 0 Å². The van der Waals surface area contributed by atoms with Crippen LogP contribution in [-0.2, 0) is 4.79 Å². The lowest BCUT2D eigenvalue weighted by Gasteiger charge is -2.17. The van der Waals surface area contributed by atoms with E-state index in [4.69, 9.17) is 5.73 Å². The van der Waals surface area contributed by atoms with Gasteiger partial charge in [0.2, 0.25) is 5.91 Å². The van der Waals surface area contributed by atoms with Gasteiger partial charge in [-0.3, -0.25) is 4.79 Å². The molecule has 1 aliphatic heterocycles. The first-order valence-corrected chi connectivity index (χ1v) is 5.50. The Morgan fingerprint density at radius 1 is 1.44 bits per heavy atom. The maximum absolute atomic E-state index is 11.0. The Hall–Kier alpha value is -1.62. The SMILES string of the molecule is NCC(=O)Nc1ccc(N2CCCC2)cn1. The number of hydrogen-bond acceptors (Lipinski definition) is 4. The molecule has 0 spiro atoms. The van der Waals surface area contributed by atoms with Gasteiger partial charge in [-0.15, -0.1) is 0 Å². The van der Waals surface area contributed by atoms with Gasteiger partial charge in [0.25, 0.3) is 0 Å². The molecule has 0 radical (unpaired) electrons. The normalized spacial score (nSPS) is 15.2. The van der Waals surface area contributed by atoms with Crippen molar-refractivity contribution in [1.29, 1.82) is 0 Å². The van der Waals surface area contributed by atoms with Crippen molar-refractivity contribution in [3.05, 3.63) is 18.3 Å². The fourth-order valence-corrected chi connectivity index (χ4v) is 1.82. The Morgan fingerprint density at radius 3 is 2.75 bits per heavy atom. The summed E-state index contributed by atoms with van der Waals surface area (Å²) in [5, 5.41) is 2.62. The van der Waals surface area contributed by atoms with Gasteiger partial charge in [-0.05, 0) is 25.0 Å². The summed E-state index contributed by atoms with van der Waals surface area (Å²) in [7, 11) is 0. The monoisotopic (exact) mass is 220 g/mol. The molecule has 1 aromatic rings. The van der Waals surface area contributed by atoms with Gasteiger partial charge < -0.3 is 16.0 Å². The molecule has 16 heavy (non-hydrogen) atoms. The first kappa shape index (κ1) is 10.9. The van der Waals surface area contributed by atoms with Crippen molar-refractivity contribution in [1.82, 2.24) is 4.98 Å². The Labute approximate surface area is 94.6 Å². The summed E-state index contributed by atoms with van der Waals surface area (Å²) in [4.78, 5) is 17.5. The van der Waals surface area contributed by atoms with E-state index in [0.717, 1.165) is 18.8 Å². The Morgan fingerprint density at radius 2 is 2.19 bits per heavy atom. The van der Waals surface area contributed by atoms with Gasteiger partial charge in [-0.25, -0.2) is 4.98 Å². The van der Waals surface area contributed by atoms with E-state index < -0.39 is 0 Å². The second kappa shape index (κ2) is 4.94. The van der Waals surface area contributed by atoms with Crippen molar-refractivity contribution in [2.75, 3.05) is 29.9 Å². The minimum absolute atomic E-state index is 0.0183. The van der Waals surface area contributed by atoms with E-state index in [2.05, 4.69) is 15.2 Å². The third-order valence-corrected chi connectivity index (χ3v) is 2.67. The molecule has 2 rings (SSSR count). The smallest absolute Gasteiger partial charge is 0.239 e. The molecule has 1 aliphatic rings. The van der Waals surface area contributed by atoms with Crippen LogP contribution in [0.5, 0.6) is 0 Å². The number of rotatable bonds is 3. The van der Waals surface area contributed by atoms with Crippen LogP contribution in [0.25, 0.3) is 0 Å². The van der Waals surface area contributed by atoms with Crippen LogP contribution < -0.4 is 16.0 Å². The summed E-state index contributed by atoms with van der Waals surface area (Å²) in [5.41, 5.74) is 6.32. The third-order valence-electron chi connectivity index (χ3n) is 2.67. The molecule has 0 atom stereocenters. The highest BCUT2D eigenvalue weighted by Gasteiger charge is 2.12. The lowest BCUT2D eigenvalue weighted by molar-refractivity contribution is -0.114. The van der Waals surface area contributed by atoms with Crippen molar-refractivity contribution in [3.8, 4) is 0 Å². The number of nitrogens with two attached hydrogens (primary N) is 1. The zero-order valence-corrected chi connectivity index (χ0v) is 9.15. The van der Waals surface area contributed by atoms with Crippen LogP contribution in [0.4, 0.5) is 11.5 Å². The van der Waals surface area contributed by atoms with Crippen molar-refractivity contribution in [2.45, 2.75) is 12.8 Å². The van der Waals surface area contributed by atoms with Gasteiger partial charge in [0.15, 0.2) is 0 Å². The molecule has 5 nitrogen and oxygen atoms in total. The zero-order chi connectivity index (χ0) is 11.4. The Kier molecular flexibility index (Phi) is 3.36. The number of carbonyl (C=O) groups is 1. The van der Waals surface area contributed by atoms with Gasteiger partial charge in [-0.1, -0.05) is 0 Å². The number of aromatic nitrogens is 1. The van der Waals surface area contributed by atoms with E-state index in [1.54, 1.807) is 12.3 Å². The summed E-state index contributed by atoms with van der Waals surface area (Å²) in [6, 6.07) is 3.78. The van der Waals surface area contributed by atoms with Crippen molar-refractivity contribution >= 4 is 17.4 Å². The zero-order valence-electron chi connectivity index (χ0n) is 9.15. The van der Waals surface area contributed by atoms with Crippen LogP contribution >= 0.6 is 0 Å². The third kappa shape index (κ3) is 2.49. The van der Waals surface area contributed by atoms with E-state index >= 15 is 0 Å². The Balaban J connectivity index is 2.01. The fourth-order valence-electron chi connectivity index (χ4n) is 1.82. The molecular weight excluding hydrogens is 204 g/mol. The van der Waals surface area contributed by atoms with Gasteiger partial charge >= 0.3 is 0 Å². The van der Waals surface area contributed by atoms with Gasteiger partial charge in [0.1, 0.15) is 5.82 Å². The summed E-state index contributed by atoms with van der Waals surface area (Å²) in [5.74, 6) is 0.333. The van der Waals surface area contributed by atoms with Gasteiger partial charge in [0, 0.05) is 13.1 Å². The summed E-state index contributed by atoms with van der Waals surface area (Å²) < 4.78 is 0. The molecule has 1 amide bonds.